The van der Waals surface area contributed by atoms with Crippen molar-refractivity contribution in [3.63, 3.8) is 0 Å². The fourth-order valence-corrected chi connectivity index (χ4v) is 3.73. The van der Waals surface area contributed by atoms with Gasteiger partial charge in [-0.15, -0.1) is 0 Å². The van der Waals surface area contributed by atoms with E-state index < -0.39 is 0 Å². The molecule has 0 aliphatic carbocycles. The molecule has 1 unspecified atom stereocenters. The molecule has 0 bridgehead atoms. The van der Waals surface area contributed by atoms with Crippen molar-refractivity contribution in [2.75, 3.05) is 18.9 Å². The van der Waals surface area contributed by atoms with Gasteiger partial charge in [0, 0.05) is 29.2 Å². The van der Waals surface area contributed by atoms with Crippen LogP contribution in [0, 0.1) is 13.8 Å². The highest BCUT2D eigenvalue weighted by molar-refractivity contribution is 6.31. The Hall–Kier alpha value is -2.38. The topological polar surface area (TPSA) is 90.9 Å². The van der Waals surface area contributed by atoms with E-state index in [1.165, 1.54) is 6.33 Å². The number of nitrogens with two attached hydrogens (primary N) is 1. The third-order valence-corrected chi connectivity index (χ3v) is 5.36. The lowest BCUT2D eigenvalue weighted by atomic mass is 9.98. The molecule has 1 aliphatic heterocycles. The summed E-state index contributed by atoms with van der Waals surface area (Å²) < 4.78 is 7.95. The van der Waals surface area contributed by atoms with Gasteiger partial charge in [0.15, 0.2) is 5.65 Å². The predicted octanol–water partition coefficient (Wildman–Crippen LogP) is 2.77. The van der Waals surface area contributed by atoms with E-state index >= 15 is 0 Å². The van der Waals surface area contributed by atoms with Crippen LogP contribution in [0.3, 0.4) is 0 Å². The van der Waals surface area contributed by atoms with E-state index in [-0.39, 0.29) is 6.04 Å². The van der Waals surface area contributed by atoms with Crippen LogP contribution in [0.2, 0.25) is 5.02 Å². The van der Waals surface area contributed by atoms with Gasteiger partial charge in [-0.3, -0.25) is 0 Å². The van der Waals surface area contributed by atoms with Crippen molar-refractivity contribution in [1.82, 2.24) is 25.1 Å². The van der Waals surface area contributed by atoms with Crippen LogP contribution in [-0.4, -0.2) is 32.9 Å². The van der Waals surface area contributed by atoms with Gasteiger partial charge in [-0.1, -0.05) is 11.6 Å². The van der Waals surface area contributed by atoms with E-state index in [4.69, 9.17) is 22.1 Å². The molecule has 1 atom stereocenters. The first-order valence-corrected chi connectivity index (χ1v) is 8.97. The molecule has 1 aliphatic rings. The summed E-state index contributed by atoms with van der Waals surface area (Å²) in [6.45, 7) is 8.14. The van der Waals surface area contributed by atoms with E-state index in [0.717, 1.165) is 51.6 Å². The molecule has 0 fully saturated rings. The quantitative estimate of drug-likeness (QED) is 0.718. The highest BCUT2D eigenvalue weighted by Gasteiger charge is 2.25. The van der Waals surface area contributed by atoms with Crippen molar-refractivity contribution in [3.05, 3.63) is 39.8 Å². The van der Waals surface area contributed by atoms with Gasteiger partial charge in [0.1, 0.15) is 24.5 Å². The van der Waals surface area contributed by atoms with Crippen LogP contribution in [0.15, 0.2) is 12.4 Å². The Morgan fingerprint density at radius 2 is 2.15 bits per heavy atom. The van der Waals surface area contributed by atoms with Crippen molar-refractivity contribution < 1.29 is 4.74 Å². The largest absolute Gasteiger partial charge is 0.492 e. The van der Waals surface area contributed by atoms with Gasteiger partial charge in [0.05, 0.1) is 17.1 Å². The second-order valence-electron chi connectivity index (χ2n) is 6.57. The van der Waals surface area contributed by atoms with Gasteiger partial charge < -0.3 is 15.8 Å². The number of nitrogens with one attached hydrogen (secondary N) is 1. The molecule has 8 heteroatoms. The molecule has 136 valence electrons. The molecule has 0 amide bonds. The van der Waals surface area contributed by atoms with Gasteiger partial charge in [-0.05, 0) is 32.4 Å². The number of hydrogen-bond donors (Lipinski definition) is 2. The smallest absolute Gasteiger partial charge is 0.164 e. The molecule has 3 heterocycles. The predicted molar refractivity (Wildman–Crippen MR) is 102 cm³/mol. The Balaban J connectivity index is 1.92. The molecule has 2 aromatic heterocycles. The van der Waals surface area contributed by atoms with Gasteiger partial charge in [-0.2, -0.15) is 5.10 Å². The van der Waals surface area contributed by atoms with Crippen molar-refractivity contribution in [1.29, 1.82) is 0 Å². The van der Waals surface area contributed by atoms with Crippen LogP contribution in [0.4, 0.5) is 5.82 Å². The summed E-state index contributed by atoms with van der Waals surface area (Å²) in [5, 5.41) is 9.55. The van der Waals surface area contributed by atoms with Crippen LogP contribution in [-0.2, 0) is 6.54 Å². The minimum atomic E-state index is -0.120. The zero-order chi connectivity index (χ0) is 18.4. The van der Waals surface area contributed by atoms with E-state index in [0.29, 0.717) is 18.1 Å². The second kappa shape index (κ2) is 6.41. The summed E-state index contributed by atoms with van der Waals surface area (Å²) in [7, 11) is 0. The lowest BCUT2D eigenvalue weighted by Gasteiger charge is -2.21. The monoisotopic (exact) mass is 372 g/mol. The van der Waals surface area contributed by atoms with Crippen LogP contribution < -0.4 is 15.8 Å². The summed E-state index contributed by atoms with van der Waals surface area (Å²) in [4.78, 5) is 8.48. The fraction of sp³-hybridized carbons (Fsp3) is 0.389. The number of halogens is 1. The second-order valence-corrected chi connectivity index (χ2v) is 6.98. The number of nitrogens with zero attached hydrogens (tertiary/aromatic N) is 4. The molecule has 0 saturated heterocycles. The summed E-state index contributed by atoms with van der Waals surface area (Å²) in [6, 6.07) is 1.85. The standard InChI is InChI=1S/C18H21ClN6O/c1-9-13-7-21-4-5-26-16(13)12(6-14(9)19)11(3)25-18-15(10(2)24-25)17(20)22-8-23-18/h6,8,11,21H,4-5,7H2,1-3H3,(H2,20,22,23). The minimum Gasteiger partial charge on any atom is -0.492 e. The Labute approximate surface area is 156 Å². The third-order valence-electron chi connectivity index (χ3n) is 4.97. The molecule has 0 spiro atoms. The summed E-state index contributed by atoms with van der Waals surface area (Å²) in [5.74, 6) is 1.32. The van der Waals surface area contributed by atoms with Crippen LogP contribution in [0.1, 0.15) is 35.3 Å². The van der Waals surface area contributed by atoms with Crippen molar-refractivity contribution in [2.45, 2.75) is 33.4 Å². The van der Waals surface area contributed by atoms with E-state index in [1.807, 2.05) is 24.6 Å². The zero-order valence-corrected chi connectivity index (χ0v) is 15.8. The molecule has 3 aromatic rings. The van der Waals surface area contributed by atoms with Crippen molar-refractivity contribution >= 4 is 28.5 Å². The number of anilines is 1. The molecule has 1 aromatic carbocycles. The number of aromatic nitrogens is 4. The highest BCUT2D eigenvalue weighted by atomic mass is 35.5. The molecular formula is C18H21ClN6O. The Bertz CT molecular complexity index is 999. The van der Waals surface area contributed by atoms with Crippen LogP contribution in [0.25, 0.3) is 11.0 Å². The molecular weight excluding hydrogens is 352 g/mol. The van der Waals surface area contributed by atoms with Crippen molar-refractivity contribution in [2.24, 2.45) is 0 Å². The fourth-order valence-electron chi connectivity index (χ4n) is 3.50. The number of benzene rings is 1. The summed E-state index contributed by atoms with van der Waals surface area (Å²) in [5.41, 5.74) is 10.7. The molecule has 7 nitrogen and oxygen atoms in total. The van der Waals surface area contributed by atoms with Crippen LogP contribution in [0.5, 0.6) is 5.75 Å². The lowest BCUT2D eigenvalue weighted by molar-refractivity contribution is 0.319. The first-order chi connectivity index (χ1) is 12.5. The maximum Gasteiger partial charge on any atom is 0.164 e. The normalized spacial score (nSPS) is 15.4. The van der Waals surface area contributed by atoms with Crippen molar-refractivity contribution in [3.8, 4) is 5.75 Å². The van der Waals surface area contributed by atoms with Gasteiger partial charge in [0.25, 0.3) is 0 Å². The van der Waals surface area contributed by atoms with Gasteiger partial charge in [-0.25, -0.2) is 14.6 Å². The number of fused-ring (bicyclic) bond motifs is 2. The summed E-state index contributed by atoms with van der Waals surface area (Å²) >= 11 is 6.53. The maximum atomic E-state index is 6.53. The Morgan fingerprint density at radius 3 is 2.96 bits per heavy atom. The van der Waals surface area contributed by atoms with Crippen LogP contribution >= 0.6 is 11.6 Å². The Morgan fingerprint density at radius 1 is 1.35 bits per heavy atom. The van der Waals surface area contributed by atoms with Gasteiger partial charge in [0.2, 0.25) is 0 Å². The SMILES string of the molecule is Cc1c(Cl)cc(C(C)n2nc(C)c3c(N)ncnc32)c2c1CNCCO2. The molecule has 0 saturated carbocycles. The molecule has 3 N–H and O–H groups in total. The molecule has 0 radical (unpaired) electrons. The summed E-state index contributed by atoms with van der Waals surface area (Å²) in [6.07, 6.45) is 1.46. The third kappa shape index (κ3) is 2.59. The highest BCUT2D eigenvalue weighted by Crippen LogP contribution is 2.39. The van der Waals surface area contributed by atoms with Gasteiger partial charge >= 0.3 is 0 Å². The average molecular weight is 373 g/mol. The number of hydrogen-bond acceptors (Lipinski definition) is 6. The van der Waals surface area contributed by atoms with E-state index in [1.54, 1.807) is 0 Å². The zero-order valence-electron chi connectivity index (χ0n) is 15.0. The van der Waals surface area contributed by atoms with E-state index in [2.05, 4.69) is 27.3 Å². The average Bonchev–Trinajstić information content (AvgIpc) is 2.80. The maximum absolute atomic E-state index is 6.53. The first kappa shape index (κ1) is 17.1. The number of aryl methyl sites for hydroxylation is 1. The lowest BCUT2D eigenvalue weighted by Crippen LogP contribution is -2.16. The number of ether oxygens (including phenoxy) is 1. The van der Waals surface area contributed by atoms with E-state index in [9.17, 15) is 0 Å². The molecule has 4 rings (SSSR count). The first-order valence-electron chi connectivity index (χ1n) is 8.59. The Kier molecular flexibility index (Phi) is 4.20. The number of rotatable bonds is 2. The minimum absolute atomic E-state index is 0.120. The molecule has 26 heavy (non-hydrogen) atoms. The number of nitrogen functional groups attached to an aromatic ring is 1.